The Kier molecular flexibility index (Phi) is 2.79. The van der Waals surface area contributed by atoms with E-state index in [9.17, 15) is 4.79 Å². The number of rotatable bonds is 2. The van der Waals surface area contributed by atoms with Gasteiger partial charge in [0.05, 0.1) is 12.6 Å². The summed E-state index contributed by atoms with van der Waals surface area (Å²) in [7, 11) is 0. The highest BCUT2D eigenvalue weighted by Crippen LogP contribution is 2.19. The lowest BCUT2D eigenvalue weighted by atomic mass is 10.4. The summed E-state index contributed by atoms with van der Waals surface area (Å²) in [6, 6.07) is 11.1. The van der Waals surface area contributed by atoms with E-state index >= 15 is 0 Å². The number of nitrogens with one attached hydrogen (secondary N) is 1. The predicted molar refractivity (Wildman–Crippen MR) is 56.9 cm³/mol. The number of carbonyl (C=O) groups excluding carboxylic acids is 1. The SMILES string of the molecule is N#CC1CN1C(=O)NSc1ccccc1. The van der Waals surface area contributed by atoms with Gasteiger partial charge in [-0.2, -0.15) is 5.26 Å². The van der Waals surface area contributed by atoms with Gasteiger partial charge in [-0.3, -0.25) is 4.72 Å². The summed E-state index contributed by atoms with van der Waals surface area (Å²) in [4.78, 5) is 13.8. The number of hydrogen-bond acceptors (Lipinski definition) is 3. The minimum Gasteiger partial charge on any atom is -0.303 e. The van der Waals surface area contributed by atoms with E-state index in [1.165, 1.54) is 16.8 Å². The topological polar surface area (TPSA) is 55.9 Å². The van der Waals surface area contributed by atoms with Crippen LogP contribution in [0.2, 0.25) is 0 Å². The summed E-state index contributed by atoms with van der Waals surface area (Å²) in [5.41, 5.74) is 0. The number of amides is 2. The van der Waals surface area contributed by atoms with E-state index in [0.29, 0.717) is 6.54 Å². The average molecular weight is 219 g/mol. The highest BCUT2D eigenvalue weighted by Gasteiger charge is 2.38. The van der Waals surface area contributed by atoms with Crippen molar-refractivity contribution < 1.29 is 4.79 Å². The molecule has 0 radical (unpaired) electrons. The number of hydrogen-bond donors (Lipinski definition) is 1. The first-order valence-corrected chi connectivity index (χ1v) is 5.31. The molecule has 4 nitrogen and oxygen atoms in total. The predicted octanol–water partition coefficient (Wildman–Crippen LogP) is 1.61. The minimum atomic E-state index is -0.235. The highest BCUT2D eigenvalue weighted by molar-refractivity contribution is 7.98. The van der Waals surface area contributed by atoms with Crippen LogP contribution in [0.15, 0.2) is 35.2 Å². The van der Waals surface area contributed by atoms with Crippen LogP contribution >= 0.6 is 11.9 Å². The van der Waals surface area contributed by atoms with Gasteiger partial charge in [0.2, 0.25) is 0 Å². The molecule has 0 bridgehead atoms. The first kappa shape index (κ1) is 9.87. The summed E-state index contributed by atoms with van der Waals surface area (Å²) in [5.74, 6) is 0. The summed E-state index contributed by atoms with van der Waals surface area (Å²) in [5, 5.41) is 8.53. The van der Waals surface area contributed by atoms with Gasteiger partial charge in [-0.25, -0.2) is 4.79 Å². The van der Waals surface area contributed by atoms with Gasteiger partial charge in [-0.1, -0.05) is 18.2 Å². The Morgan fingerprint density at radius 3 is 2.87 bits per heavy atom. The standard InChI is InChI=1S/C10H9N3OS/c11-6-8-7-13(8)10(14)12-15-9-4-2-1-3-5-9/h1-5,8H,7H2,(H,12,14). The lowest BCUT2D eigenvalue weighted by Gasteiger charge is -2.04. The Labute approximate surface area is 92.0 Å². The third kappa shape index (κ3) is 2.42. The summed E-state index contributed by atoms with van der Waals surface area (Å²) in [6.45, 7) is 0.539. The third-order valence-corrected chi connectivity index (χ3v) is 2.81. The molecule has 0 spiro atoms. The second kappa shape index (κ2) is 4.24. The molecule has 0 aliphatic carbocycles. The number of urea groups is 1. The van der Waals surface area contributed by atoms with Crippen LogP contribution in [-0.2, 0) is 0 Å². The van der Waals surface area contributed by atoms with Crippen LogP contribution in [0.25, 0.3) is 0 Å². The first-order valence-electron chi connectivity index (χ1n) is 4.49. The van der Waals surface area contributed by atoms with Gasteiger partial charge in [0.25, 0.3) is 0 Å². The monoisotopic (exact) mass is 219 g/mol. The van der Waals surface area contributed by atoms with Crippen molar-refractivity contribution in [3.63, 3.8) is 0 Å². The smallest absolute Gasteiger partial charge is 0.303 e. The van der Waals surface area contributed by atoms with Gasteiger partial charge in [0.15, 0.2) is 0 Å². The van der Waals surface area contributed by atoms with Gasteiger partial charge in [-0.05, 0) is 24.1 Å². The van der Waals surface area contributed by atoms with Crippen molar-refractivity contribution in [1.82, 2.24) is 9.62 Å². The van der Waals surface area contributed by atoms with Crippen molar-refractivity contribution in [2.75, 3.05) is 6.54 Å². The second-order valence-corrected chi connectivity index (χ2v) is 4.00. The molecule has 76 valence electrons. The molecule has 15 heavy (non-hydrogen) atoms. The molecule has 2 amide bonds. The molecular formula is C10H9N3OS. The maximum atomic E-state index is 11.4. The molecule has 0 aromatic heterocycles. The zero-order valence-corrected chi connectivity index (χ0v) is 8.70. The van der Waals surface area contributed by atoms with E-state index in [0.717, 1.165) is 4.90 Å². The Morgan fingerprint density at radius 1 is 1.53 bits per heavy atom. The first-order chi connectivity index (χ1) is 7.31. The lowest BCUT2D eigenvalue weighted by molar-refractivity contribution is 0.234. The lowest BCUT2D eigenvalue weighted by Crippen LogP contribution is -2.23. The zero-order chi connectivity index (χ0) is 10.7. The summed E-state index contributed by atoms with van der Waals surface area (Å²) >= 11 is 1.26. The Bertz CT molecular complexity index is 401. The molecule has 1 saturated heterocycles. The zero-order valence-electron chi connectivity index (χ0n) is 7.88. The average Bonchev–Trinajstić information content (AvgIpc) is 3.06. The molecule has 1 aliphatic heterocycles. The van der Waals surface area contributed by atoms with Gasteiger partial charge < -0.3 is 4.90 Å². The molecular weight excluding hydrogens is 210 g/mol. The second-order valence-electron chi connectivity index (χ2n) is 3.12. The van der Waals surface area contributed by atoms with Crippen molar-refractivity contribution in [3.8, 4) is 6.07 Å². The van der Waals surface area contributed by atoms with Crippen LogP contribution in [-0.4, -0.2) is 23.5 Å². The van der Waals surface area contributed by atoms with E-state index in [1.54, 1.807) is 0 Å². The summed E-state index contributed by atoms with van der Waals surface area (Å²) < 4.78 is 2.68. The fourth-order valence-corrected chi connectivity index (χ4v) is 1.74. The van der Waals surface area contributed by atoms with E-state index in [-0.39, 0.29) is 12.1 Å². The fraction of sp³-hybridized carbons (Fsp3) is 0.200. The molecule has 1 atom stereocenters. The van der Waals surface area contributed by atoms with Crippen LogP contribution in [0, 0.1) is 11.3 Å². The van der Waals surface area contributed by atoms with E-state index in [1.807, 2.05) is 36.4 Å². The fourth-order valence-electron chi connectivity index (χ4n) is 1.12. The molecule has 1 heterocycles. The van der Waals surface area contributed by atoms with Crippen LogP contribution in [0.5, 0.6) is 0 Å². The Hall–Kier alpha value is -1.67. The maximum absolute atomic E-state index is 11.4. The molecule has 1 fully saturated rings. The molecule has 1 aliphatic rings. The molecule has 2 rings (SSSR count). The highest BCUT2D eigenvalue weighted by atomic mass is 32.2. The molecule has 1 aromatic rings. The van der Waals surface area contributed by atoms with Crippen LogP contribution in [0.3, 0.4) is 0 Å². The van der Waals surface area contributed by atoms with Crippen LogP contribution in [0.4, 0.5) is 4.79 Å². The van der Waals surface area contributed by atoms with E-state index in [4.69, 9.17) is 5.26 Å². The van der Waals surface area contributed by atoms with Crippen molar-refractivity contribution in [2.45, 2.75) is 10.9 Å². The van der Waals surface area contributed by atoms with Gasteiger partial charge in [-0.15, -0.1) is 0 Å². The van der Waals surface area contributed by atoms with Crippen molar-refractivity contribution >= 4 is 18.0 Å². The Morgan fingerprint density at radius 2 is 2.27 bits per heavy atom. The number of carbonyl (C=O) groups is 1. The van der Waals surface area contributed by atoms with Crippen molar-refractivity contribution in [1.29, 1.82) is 5.26 Å². The normalized spacial score (nSPS) is 18.1. The molecule has 1 unspecified atom stereocenters. The van der Waals surface area contributed by atoms with E-state index in [2.05, 4.69) is 4.72 Å². The largest absolute Gasteiger partial charge is 0.328 e. The van der Waals surface area contributed by atoms with Crippen molar-refractivity contribution in [3.05, 3.63) is 30.3 Å². The van der Waals surface area contributed by atoms with Crippen molar-refractivity contribution in [2.24, 2.45) is 0 Å². The quantitative estimate of drug-likeness (QED) is 0.607. The van der Waals surface area contributed by atoms with E-state index < -0.39 is 0 Å². The number of nitrogens with zero attached hydrogens (tertiary/aromatic N) is 2. The minimum absolute atomic E-state index is 0.199. The maximum Gasteiger partial charge on any atom is 0.328 e. The number of nitriles is 1. The molecule has 5 heteroatoms. The number of benzene rings is 1. The Balaban J connectivity index is 1.80. The van der Waals surface area contributed by atoms with Gasteiger partial charge in [0, 0.05) is 4.90 Å². The van der Waals surface area contributed by atoms with Crippen LogP contribution in [0.1, 0.15) is 0 Å². The van der Waals surface area contributed by atoms with Gasteiger partial charge in [0.1, 0.15) is 6.04 Å². The molecule has 1 aromatic carbocycles. The summed E-state index contributed by atoms with van der Waals surface area (Å²) in [6.07, 6.45) is 0. The third-order valence-electron chi connectivity index (χ3n) is 2.02. The van der Waals surface area contributed by atoms with Crippen LogP contribution < -0.4 is 4.72 Å². The molecule has 1 N–H and O–H groups in total. The molecule has 0 saturated carbocycles. The van der Waals surface area contributed by atoms with Gasteiger partial charge >= 0.3 is 6.03 Å².